The molecular formula is C31H61BrO2. The number of ether oxygens (including phenoxy) is 2. The van der Waals surface area contributed by atoms with Gasteiger partial charge in [0.2, 0.25) is 0 Å². The molecule has 0 aliphatic carbocycles. The topological polar surface area (TPSA) is 18.5 Å². The van der Waals surface area contributed by atoms with Crippen LogP contribution in [0.3, 0.4) is 0 Å². The quantitative estimate of drug-likeness (QED) is 0.0403. The minimum atomic E-state index is 0.0172. The summed E-state index contributed by atoms with van der Waals surface area (Å²) in [5.74, 6) is 0. The molecule has 0 bridgehead atoms. The van der Waals surface area contributed by atoms with Gasteiger partial charge >= 0.3 is 0 Å². The predicted octanol–water partition coefficient (Wildman–Crippen LogP) is 11.3. The maximum atomic E-state index is 6.19. The molecule has 0 heterocycles. The Kier molecular flexibility index (Phi) is 31.3. The summed E-state index contributed by atoms with van der Waals surface area (Å²) in [7, 11) is 0. The molecule has 2 nitrogen and oxygen atoms in total. The van der Waals surface area contributed by atoms with E-state index in [1.165, 1.54) is 141 Å². The van der Waals surface area contributed by atoms with Crippen molar-refractivity contribution >= 4 is 15.9 Å². The van der Waals surface area contributed by atoms with Gasteiger partial charge in [0.25, 0.3) is 0 Å². The van der Waals surface area contributed by atoms with Crippen molar-refractivity contribution in [3.63, 3.8) is 0 Å². The summed E-state index contributed by atoms with van der Waals surface area (Å²) in [5.41, 5.74) is 0. The summed E-state index contributed by atoms with van der Waals surface area (Å²) in [5, 5.41) is 1.11. The summed E-state index contributed by atoms with van der Waals surface area (Å²) < 4.78 is 12.4. The van der Waals surface area contributed by atoms with E-state index in [1.54, 1.807) is 0 Å². The lowest BCUT2D eigenvalue weighted by Crippen LogP contribution is -2.19. The Hall–Kier alpha value is 0.140. The van der Waals surface area contributed by atoms with Crippen LogP contribution in [0.15, 0.2) is 12.2 Å². The van der Waals surface area contributed by atoms with Crippen molar-refractivity contribution < 1.29 is 9.47 Å². The predicted molar refractivity (Wildman–Crippen MR) is 156 cm³/mol. The van der Waals surface area contributed by atoms with Gasteiger partial charge in [-0.2, -0.15) is 0 Å². The molecule has 0 radical (unpaired) electrons. The smallest absolute Gasteiger partial charge is 0.157 e. The molecule has 0 spiro atoms. The molecule has 3 heteroatoms. The van der Waals surface area contributed by atoms with Gasteiger partial charge in [0.1, 0.15) is 0 Å². The maximum Gasteiger partial charge on any atom is 0.157 e. The van der Waals surface area contributed by atoms with Crippen LogP contribution < -0.4 is 0 Å². The number of hydrogen-bond acceptors (Lipinski definition) is 2. The lowest BCUT2D eigenvalue weighted by Gasteiger charge is -2.19. The largest absolute Gasteiger partial charge is 0.353 e. The van der Waals surface area contributed by atoms with Gasteiger partial charge in [0.05, 0.1) is 0 Å². The molecule has 0 saturated carbocycles. The van der Waals surface area contributed by atoms with Crippen LogP contribution in [0.5, 0.6) is 0 Å². The van der Waals surface area contributed by atoms with Crippen molar-refractivity contribution in [1.29, 1.82) is 0 Å². The van der Waals surface area contributed by atoms with E-state index in [1.807, 2.05) is 0 Å². The molecule has 0 saturated heterocycles. The minimum absolute atomic E-state index is 0.0172. The molecular weight excluding hydrogens is 484 g/mol. The Morgan fingerprint density at radius 1 is 0.500 bits per heavy atom. The van der Waals surface area contributed by atoms with Gasteiger partial charge in [-0.25, -0.2) is 0 Å². The Bertz CT molecular complexity index is 364. The molecule has 0 aliphatic rings. The van der Waals surface area contributed by atoms with Crippen molar-refractivity contribution in [3.8, 4) is 0 Å². The van der Waals surface area contributed by atoms with E-state index in [2.05, 4.69) is 41.9 Å². The second-order valence-corrected chi connectivity index (χ2v) is 10.9. The summed E-state index contributed by atoms with van der Waals surface area (Å²) in [6, 6.07) is 0. The van der Waals surface area contributed by atoms with Crippen LogP contribution in [0.25, 0.3) is 0 Å². The molecule has 0 atom stereocenters. The third-order valence-electron chi connectivity index (χ3n) is 6.58. The lowest BCUT2D eigenvalue weighted by atomic mass is 10.1. The van der Waals surface area contributed by atoms with E-state index in [0.29, 0.717) is 0 Å². The summed E-state index contributed by atoms with van der Waals surface area (Å²) in [4.78, 5) is 0. The molecule has 0 amide bonds. The van der Waals surface area contributed by atoms with E-state index in [4.69, 9.17) is 9.47 Å². The minimum Gasteiger partial charge on any atom is -0.353 e. The second-order valence-electron chi connectivity index (χ2n) is 10.1. The molecule has 0 aromatic heterocycles. The van der Waals surface area contributed by atoms with Crippen molar-refractivity contribution in [1.82, 2.24) is 0 Å². The zero-order chi connectivity index (χ0) is 24.8. The Morgan fingerprint density at radius 2 is 0.912 bits per heavy atom. The number of halogens is 1. The molecule has 204 valence electrons. The van der Waals surface area contributed by atoms with Crippen LogP contribution in [0.1, 0.15) is 162 Å². The summed E-state index contributed by atoms with van der Waals surface area (Å²) in [6.45, 7) is 6.31. The highest BCUT2D eigenvalue weighted by molar-refractivity contribution is 9.09. The Morgan fingerprint density at radius 3 is 1.38 bits per heavy atom. The molecule has 0 aliphatic heterocycles. The average Bonchev–Trinajstić information content (AvgIpc) is 2.85. The van der Waals surface area contributed by atoms with Crippen molar-refractivity contribution in [2.24, 2.45) is 0 Å². The van der Waals surface area contributed by atoms with Gasteiger partial charge in [-0.1, -0.05) is 138 Å². The fourth-order valence-corrected chi connectivity index (χ4v) is 4.62. The maximum absolute atomic E-state index is 6.19. The van der Waals surface area contributed by atoms with Gasteiger partial charge in [-0.05, 0) is 51.4 Å². The number of hydrogen-bond donors (Lipinski definition) is 0. The van der Waals surface area contributed by atoms with Gasteiger partial charge in [0.15, 0.2) is 6.29 Å². The van der Waals surface area contributed by atoms with E-state index in [0.717, 1.165) is 25.0 Å². The molecule has 0 N–H and O–H groups in total. The highest BCUT2D eigenvalue weighted by Crippen LogP contribution is 2.14. The molecule has 0 unspecified atom stereocenters. The van der Waals surface area contributed by atoms with Crippen LogP contribution >= 0.6 is 15.9 Å². The molecule has 0 aromatic carbocycles. The van der Waals surface area contributed by atoms with Crippen molar-refractivity contribution in [3.05, 3.63) is 12.2 Å². The molecule has 0 aromatic rings. The summed E-state index contributed by atoms with van der Waals surface area (Å²) >= 11 is 3.49. The monoisotopic (exact) mass is 544 g/mol. The lowest BCUT2D eigenvalue weighted by molar-refractivity contribution is -0.148. The number of allylic oxidation sites excluding steroid dienone is 2. The zero-order valence-corrected chi connectivity index (χ0v) is 24.9. The van der Waals surface area contributed by atoms with Crippen molar-refractivity contribution in [2.75, 3.05) is 18.5 Å². The zero-order valence-electron chi connectivity index (χ0n) is 23.3. The number of unbranched alkanes of at least 4 members (excludes halogenated alkanes) is 18. The van der Waals surface area contributed by atoms with Gasteiger partial charge in [0, 0.05) is 18.5 Å². The first-order valence-corrected chi connectivity index (χ1v) is 16.4. The normalized spacial score (nSPS) is 11.9. The fraction of sp³-hybridized carbons (Fsp3) is 0.935. The molecule has 0 fully saturated rings. The first kappa shape index (κ1) is 34.1. The van der Waals surface area contributed by atoms with E-state index in [9.17, 15) is 0 Å². The van der Waals surface area contributed by atoms with Gasteiger partial charge < -0.3 is 9.47 Å². The van der Waals surface area contributed by atoms with Crippen LogP contribution in [0.2, 0.25) is 0 Å². The molecule has 0 rings (SSSR count). The number of alkyl halides is 1. The highest BCUT2D eigenvalue weighted by Gasteiger charge is 2.09. The first-order chi connectivity index (χ1) is 16.8. The van der Waals surface area contributed by atoms with Gasteiger partial charge in [-0.3, -0.25) is 0 Å². The Labute approximate surface area is 223 Å². The third kappa shape index (κ3) is 28.4. The SMILES string of the molecule is CCCCCCCCCCOC(CCCCC/C=C/CCCBr)OCCCCCCCCCC. The second kappa shape index (κ2) is 31.2. The molecule has 34 heavy (non-hydrogen) atoms. The van der Waals surface area contributed by atoms with Gasteiger partial charge in [-0.15, -0.1) is 0 Å². The van der Waals surface area contributed by atoms with Crippen LogP contribution in [0.4, 0.5) is 0 Å². The van der Waals surface area contributed by atoms with E-state index >= 15 is 0 Å². The number of rotatable bonds is 29. The van der Waals surface area contributed by atoms with Crippen LogP contribution in [-0.2, 0) is 9.47 Å². The van der Waals surface area contributed by atoms with E-state index < -0.39 is 0 Å². The van der Waals surface area contributed by atoms with Crippen molar-refractivity contribution in [2.45, 2.75) is 168 Å². The Balaban J connectivity index is 3.90. The first-order valence-electron chi connectivity index (χ1n) is 15.3. The van der Waals surface area contributed by atoms with E-state index in [-0.39, 0.29) is 6.29 Å². The van der Waals surface area contributed by atoms with Crippen LogP contribution in [0, 0.1) is 0 Å². The highest BCUT2D eigenvalue weighted by atomic mass is 79.9. The third-order valence-corrected chi connectivity index (χ3v) is 7.15. The standard InChI is InChI=1S/C31H61BrO2/c1-3-5-7-9-11-17-21-25-29-33-31(27-23-19-15-13-14-16-20-24-28-32)34-30-26-22-18-12-10-8-6-4-2/h14,16,31H,3-13,15,17-30H2,1-2H3/b16-14+. The summed E-state index contributed by atoms with van der Waals surface area (Å²) in [6.07, 6.45) is 34.8. The average molecular weight is 546 g/mol. The van der Waals surface area contributed by atoms with Crippen LogP contribution in [-0.4, -0.2) is 24.8 Å². The fourth-order valence-electron chi connectivity index (χ4n) is 4.30.